The van der Waals surface area contributed by atoms with Crippen LogP contribution in [0.2, 0.25) is 0 Å². The van der Waals surface area contributed by atoms with Crippen LogP contribution in [0.25, 0.3) is 0 Å². The Balaban J connectivity index is 0.000000233. The van der Waals surface area contributed by atoms with Crippen LogP contribution in [0, 0.1) is 0 Å². The second-order valence-electron chi connectivity index (χ2n) is 9.49. The highest BCUT2D eigenvalue weighted by Crippen LogP contribution is 2.33. The predicted molar refractivity (Wildman–Crippen MR) is 144 cm³/mol. The van der Waals surface area contributed by atoms with E-state index in [0.717, 1.165) is 24.9 Å². The molecule has 1 amide bonds. The first-order valence-corrected chi connectivity index (χ1v) is 13.3. The highest BCUT2D eigenvalue weighted by molar-refractivity contribution is 7.82. The lowest BCUT2D eigenvalue weighted by Gasteiger charge is -2.34. The SMILES string of the molecule is CC1(C)CCc2cc(C(=O)Nc3ccc4c(c3)OCCO4)ccc2N1.CCc1ccc(S(N)=O)cc1. The number of carbonyl (C=O) groups excluding carboxylic acids is 1. The number of nitrogens with two attached hydrogens (primary N) is 1. The topological polar surface area (TPSA) is 103 Å². The largest absolute Gasteiger partial charge is 0.486 e. The van der Waals surface area contributed by atoms with E-state index < -0.39 is 11.0 Å². The summed E-state index contributed by atoms with van der Waals surface area (Å²) >= 11 is 0. The van der Waals surface area contributed by atoms with Crippen molar-refractivity contribution < 1.29 is 18.5 Å². The van der Waals surface area contributed by atoms with E-state index in [1.165, 1.54) is 11.1 Å². The lowest BCUT2D eigenvalue weighted by atomic mass is 9.88. The number of anilines is 2. The number of carbonyl (C=O) groups is 1. The van der Waals surface area contributed by atoms with Crippen LogP contribution in [-0.2, 0) is 23.8 Å². The van der Waals surface area contributed by atoms with E-state index >= 15 is 0 Å². The first kappa shape index (κ1) is 25.7. The van der Waals surface area contributed by atoms with E-state index in [1.807, 2.05) is 42.5 Å². The normalized spacial score (nSPS) is 15.9. The zero-order valence-corrected chi connectivity index (χ0v) is 21.7. The molecule has 36 heavy (non-hydrogen) atoms. The Bertz CT molecular complexity index is 1260. The minimum atomic E-state index is -1.34. The molecule has 2 aliphatic rings. The van der Waals surface area contributed by atoms with Gasteiger partial charge in [-0.05, 0) is 86.7 Å². The van der Waals surface area contributed by atoms with Crippen molar-refractivity contribution >= 4 is 28.3 Å². The van der Waals surface area contributed by atoms with E-state index in [2.05, 4.69) is 31.4 Å². The molecule has 2 heterocycles. The van der Waals surface area contributed by atoms with Gasteiger partial charge in [0.05, 0.1) is 4.90 Å². The predicted octanol–water partition coefficient (Wildman–Crippen LogP) is 5.08. The summed E-state index contributed by atoms with van der Waals surface area (Å²) in [6.07, 6.45) is 3.02. The van der Waals surface area contributed by atoms with Gasteiger partial charge in [0.1, 0.15) is 24.2 Å². The monoisotopic (exact) mass is 507 g/mol. The third kappa shape index (κ3) is 6.44. The van der Waals surface area contributed by atoms with Gasteiger partial charge in [-0.15, -0.1) is 0 Å². The van der Waals surface area contributed by atoms with E-state index in [-0.39, 0.29) is 11.4 Å². The van der Waals surface area contributed by atoms with Crippen molar-refractivity contribution in [3.63, 3.8) is 0 Å². The molecule has 8 heteroatoms. The Morgan fingerprint density at radius 2 is 1.75 bits per heavy atom. The summed E-state index contributed by atoms with van der Waals surface area (Å²) in [5.74, 6) is 1.26. The van der Waals surface area contributed by atoms with Crippen LogP contribution < -0.4 is 25.2 Å². The van der Waals surface area contributed by atoms with Crippen molar-refractivity contribution in [1.82, 2.24) is 0 Å². The molecular weight excluding hydrogens is 474 g/mol. The Labute approximate surface area is 215 Å². The van der Waals surface area contributed by atoms with Gasteiger partial charge in [0.25, 0.3) is 5.91 Å². The number of aryl methyl sites for hydroxylation is 2. The molecule has 0 saturated carbocycles. The molecule has 0 aromatic heterocycles. The first-order chi connectivity index (χ1) is 17.2. The second kappa shape index (κ2) is 11.1. The van der Waals surface area contributed by atoms with Crippen LogP contribution in [0.1, 0.15) is 48.7 Å². The van der Waals surface area contributed by atoms with Crippen molar-refractivity contribution in [2.75, 3.05) is 23.8 Å². The van der Waals surface area contributed by atoms with Gasteiger partial charge >= 0.3 is 0 Å². The maximum atomic E-state index is 12.6. The van der Waals surface area contributed by atoms with Gasteiger partial charge in [-0.2, -0.15) is 0 Å². The van der Waals surface area contributed by atoms with Crippen molar-refractivity contribution in [3.05, 3.63) is 77.4 Å². The van der Waals surface area contributed by atoms with Gasteiger partial charge in [0, 0.05) is 28.5 Å². The smallest absolute Gasteiger partial charge is 0.255 e. The molecule has 0 radical (unpaired) electrons. The fourth-order valence-electron chi connectivity index (χ4n) is 4.12. The van der Waals surface area contributed by atoms with Gasteiger partial charge in [-0.1, -0.05) is 19.1 Å². The summed E-state index contributed by atoms with van der Waals surface area (Å²) in [4.78, 5) is 13.3. The molecule has 1 atom stereocenters. The van der Waals surface area contributed by atoms with E-state index in [9.17, 15) is 9.00 Å². The quantitative estimate of drug-likeness (QED) is 0.457. The van der Waals surface area contributed by atoms with Crippen LogP contribution in [0.5, 0.6) is 11.5 Å². The van der Waals surface area contributed by atoms with Gasteiger partial charge in [-0.3, -0.25) is 4.79 Å². The third-order valence-electron chi connectivity index (χ3n) is 6.22. The van der Waals surface area contributed by atoms with Crippen LogP contribution >= 0.6 is 0 Å². The molecule has 2 aliphatic heterocycles. The van der Waals surface area contributed by atoms with E-state index in [1.54, 1.807) is 18.2 Å². The van der Waals surface area contributed by atoms with Crippen LogP contribution in [-0.4, -0.2) is 28.9 Å². The molecule has 4 N–H and O–H groups in total. The van der Waals surface area contributed by atoms with Crippen molar-refractivity contribution in [3.8, 4) is 11.5 Å². The van der Waals surface area contributed by atoms with Gasteiger partial charge in [0.2, 0.25) is 0 Å². The molecule has 0 spiro atoms. The molecule has 3 aromatic carbocycles. The van der Waals surface area contributed by atoms with Crippen LogP contribution in [0.4, 0.5) is 11.4 Å². The molecular formula is C28H33N3O4S. The maximum Gasteiger partial charge on any atom is 0.255 e. The average molecular weight is 508 g/mol. The fourth-order valence-corrected chi connectivity index (χ4v) is 4.53. The molecule has 0 fully saturated rings. The van der Waals surface area contributed by atoms with Crippen LogP contribution in [0.3, 0.4) is 0 Å². The lowest BCUT2D eigenvalue weighted by molar-refractivity contribution is 0.102. The zero-order valence-electron chi connectivity index (χ0n) is 20.9. The molecule has 5 rings (SSSR count). The Kier molecular flexibility index (Phi) is 7.96. The zero-order chi connectivity index (χ0) is 25.7. The average Bonchev–Trinajstić information content (AvgIpc) is 2.88. The first-order valence-electron chi connectivity index (χ1n) is 12.1. The molecule has 190 valence electrons. The number of fused-ring (bicyclic) bond motifs is 2. The molecule has 0 saturated heterocycles. The molecule has 3 aromatic rings. The van der Waals surface area contributed by atoms with Crippen molar-refractivity contribution in [1.29, 1.82) is 0 Å². The fraction of sp³-hybridized carbons (Fsp3) is 0.321. The Hall–Kier alpha value is -3.36. The minimum absolute atomic E-state index is 0.0992. The molecule has 7 nitrogen and oxygen atoms in total. The number of hydrogen-bond donors (Lipinski definition) is 3. The van der Waals surface area contributed by atoms with Crippen LogP contribution in [0.15, 0.2) is 65.6 Å². The Morgan fingerprint density at radius 1 is 1.03 bits per heavy atom. The summed E-state index contributed by atoms with van der Waals surface area (Å²) in [6, 6.07) is 18.8. The summed E-state index contributed by atoms with van der Waals surface area (Å²) in [5.41, 5.74) is 5.00. The molecule has 1 unspecified atom stereocenters. The maximum absolute atomic E-state index is 12.6. The second-order valence-corrected chi connectivity index (χ2v) is 10.6. The van der Waals surface area contributed by atoms with Gasteiger partial charge < -0.3 is 20.1 Å². The van der Waals surface area contributed by atoms with Crippen molar-refractivity contribution in [2.45, 2.75) is 50.5 Å². The van der Waals surface area contributed by atoms with Gasteiger partial charge in [0.15, 0.2) is 11.5 Å². The summed E-state index contributed by atoms with van der Waals surface area (Å²) in [7, 11) is -1.34. The summed E-state index contributed by atoms with van der Waals surface area (Å²) < 4.78 is 21.8. The number of ether oxygens (including phenoxy) is 2. The van der Waals surface area contributed by atoms with E-state index in [4.69, 9.17) is 14.6 Å². The van der Waals surface area contributed by atoms with E-state index in [0.29, 0.717) is 40.9 Å². The highest BCUT2D eigenvalue weighted by atomic mass is 32.2. The lowest BCUT2D eigenvalue weighted by Crippen LogP contribution is -2.35. The number of rotatable bonds is 4. The van der Waals surface area contributed by atoms with Crippen molar-refractivity contribution in [2.24, 2.45) is 5.14 Å². The number of benzene rings is 3. The van der Waals surface area contributed by atoms with Gasteiger partial charge in [-0.25, -0.2) is 9.35 Å². The minimum Gasteiger partial charge on any atom is -0.486 e. The summed E-state index contributed by atoms with van der Waals surface area (Å²) in [6.45, 7) is 7.54. The number of nitrogens with one attached hydrogen (secondary N) is 2. The Morgan fingerprint density at radius 3 is 2.44 bits per heavy atom. The highest BCUT2D eigenvalue weighted by Gasteiger charge is 2.24. The number of amides is 1. The number of hydrogen-bond acceptors (Lipinski definition) is 5. The summed E-state index contributed by atoms with van der Waals surface area (Å²) in [5, 5.41) is 11.6. The third-order valence-corrected chi connectivity index (χ3v) is 6.96. The molecule has 0 bridgehead atoms. The standard InChI is InChI=1S/C20H22N2O3.C8H11NOS/c1-20(2)8-7-13-11-14(3-5-16(13)22-20)19(23)21-15-4-6-17-18(12-15)25-10-9-24-17;1-2-7-3-5-8(6-4-7)11(9)10/h3-6,11-12,22H,7-10H2,1-2H3,(H,21,23);3-6H,2,9H2,1H3. The molecule has 0 aliphatic carbocycles.